The summed E-state index contributed by atoms with van der Waals surface area (Å²) >= 11 is 8.31. The lowest BCUT2D eigenvalue weighted by Gasteiger charge is -2.14. The van der Waals surface area contributed by atoms with Crippen LogP contribution in [0.15, 0.2) is 35.0 Å². The van der Waals surface area contributed by atoms with E-state index in [4.69, 9.17) is 0 Å². The van der Waals surface area contributed by atoms with E-state index >= 15 is 0 Å². The van der Waals surface area contributed by atoms with Gasteiger partial charge in [0, 0.05) is 28.9 Å². The Balaban J connectivity index is 1.50. The van der Waals surface area contributed by atoms with E-state index in [0.29, 0.717) is 11.8 Å². The summed E-state index contributed by atoms with van der Waals surface area (Å²) in [5.41, 5.74) is 6.57. The minimum Gasteiger partial charge on any atom is -0.143 e. The van der Waals surface area contributed by atoms with Crippen LogP contribution >= 0.6 is 45.3 Å². The van der Waals surface area contributed by atoms with Crippen LogP contribution in [-0.4, -0.2) is 0 Å². The van der Waals surface area contributed by atoms with Crippen molar-refractivity contribution in [1.82, 2.24) is 0 Å². The predicted molar refractivity (Wildman–Crippen MR) is 271 cm³/mol. The minimum absolute atomic E-state index is 0.666. The highest BCUT2D eigenvalue weighted by Gasteiger charge is 2.24. The molecular weight excluding hydrogens is 777 g/mol. The normalized spacial score (nSPS) is 13.1. The van der Waals surface area contributed by atoms with E-state index in [1.807, 2.05) is 22.7 Å². The first-order chi connectivity index (χ1) is 28.6. The molecule has 0 aliphatic rings. The number of fused-ring (bicyclic) bond motifs is 2. The zero-order valence-corrected chi connectivity index (χ0v) is 41.3. The van der Waals surface area contributed by atoms with Crippen molar-refractivity contribution in [1.29, 1.82) is 0 Å². The minimum atomic E-state index is 0.666. The van der Waals surface area contributed by atoms with Gasteiger partial charge >= 0.3 is 0 Å². The largest absolute Gasteiger partial charge is 0.143 e. The van der Waals surface area contributed by atoms with Gasteiger partial charge in [-0.2, -0.15) is 0 Å². The van der Waals surface area contributed by atoms with Gasteiger partial charge in [0.15, 0.2) is 0 Å². The van der Waals surface area contributed by atoms with Crippen LogP contribution in [0.4, 0.5) is 0 Å². The van der Waals surface area contributed by atoms with Crippen molar-refractivity contribution in [3.63, 3.8) is 0 Å². The predicted octanol–water partition coefficient (Wildman–Crippen LogP) is 21.1. The SMILES string of the molecule is CCCCCCCCCCCCc1c2cc(-c3sccc3C(CC)CCC)sc2c(CCCCCCCCCCCC)c2cc(-c3sccc3C(CC)CCC)sc12. The van der Waals surface area contributed by atoms with Gasteiger partial charge in [0.25, 0.3) is 0 Å². The summed E-state index contributed by atoms with van der Waals surface area (Å²) in [5, 5.41) is 7.97. The summed E-state index contributed by atoms with van der Waals surface area (Å²) < 4.78 is 3.24. The van der Waals surface area contributed by atoms with Crippen molar-refractivity contribution in [2.24, 2.45) is 0 Å². The molecule has 0 aliphatic heterocycles. The molecule has 0 saturated carbocycles. The van der Waals surface area contributed by atoms with Crippen LogP contribution in [0.5, 0.6) is 0 Å². The molecule has 0 N–H and O–H groups in total. The maximum Gasteiger partial charge on any atom is 0.0477 e. The Bertz CT molecular complexity index is 1660. The van der Waals surface area contributed by atoms with E-state index < -0.39 is 0 Å². The van der Waals surface area contributed by atoms with Crippen molar-refractivity contribution < 1.29 is 0 Å². The third-order valence-electron chi connectivity index (χ3n) is 13.2. The lowest BCUT2D eigenvalue weighted by atomic mass is 9.91. The van der Waals surface area contributed by atoms with Crippen LogP contribution < -0.4 is 0 Å². The first-order valence-electron chi connectivity index (χ1n) is 24.8. The fraction of sp³-hybridized carbons (Fsp3) is 0.667. The Morgan fingerprint density at radius 2 is 0.759 bits per heavy atom. The third-order valence-corrected chi connectivity index (χ3v) is 17.8. The van der Waals surface area contributed by atoms with E-state index in [2.05, 4.69) is 99.2 Å². The molecule has 0 nitrogen and oxygen atoms in total. The number of hydrogen-bond acceptors (Lipinski definition) is 4. The van der Waals surface area contributed by atoms with Crippen LogP contribution in [0.1, 0.15) is 243 Å². The first-order valence-corrected chi connectivity index (χ1v) is 28.1. The van der Waals surface area contributed by atoms with Crippen molar-refractivity contribution in [3.05, 3.63) is 57.3 Å². The standard InChI is InChI=1S/C54H82S4/c1-7-13-15-17-19-21-23-25-27-29-33-45-47-39-49(53-43(35-37-55-53)41(11-5)31-9-3)58-52(47)46(34-30-28-26-24-22-20-18-16-14-8-2)48-40-50(57-51(45)48)54-44(36-38-56-54)42(12-6)32-10-4/h35-42H,7-34H2,1-6H3. The van der Waals surface area contributed by atoms with E-state index in [0.717, 1.165) is 0 Å². The molecule has 0 bridgehead atoms. The summed E-state index contributed by atoms with van der Waals surface area (Å²) in [6, 6.07) is 10.3. The number of aryl methyl sites for hydroxylation is 2. The quantitative estimate of drug-likeness (QED) is 0.0378. The zero-order chi connectivity index (χ0) is 41.0. The fourth-order valence-corrected chi connectivity index (χ4v) is 14.6. The molecular formula is C54H82S4. The molecule has 4 heteroatoms. The maximum atomic E-state index is 2.69. The highest BCUT2D eigenvalue weighted by Crippen LogP contribution is 2.50. The summed E-state index contributed by atoms with van der Waals surface area (Å²) in [4.78, 5) is 6.19. The van der Waals surface area contributed by atoms with Crippen molar-refractivity contribution in [2.75, 3.05) is 0 Å². The number of thiophene rings is 4. The number of unbranched alkanes of at least 4 members (excludes halogenated alkanes) is 18. The third kappa shape index (κ3) is 13.3. The van der Waals surface area contributed by atoms with Gasteiger partial charge < -0.3 is 0 Å². The van der Waals surface area contributed by atoms with Crippen LogP contribution in [0.25, 0.3) is 39.7 Å². The molecule has 1 aromatic carbocycles. The van der Waals surface area contributed by atoms with E-state index in [-0.39, 0.29) is 0 Å². The van der Waals surface area contributed by atoms with E-state index in [1.54, 1.807) is 52.2 Å². The first kappa shape index (κ1) is 47.6. The second kappa shape index (κ2) is 26.8. The van der Waals surface area contributed by atoms with Crippen molar-refractivity contribution >= 4 is 65.5 Å². The molecule has 0 radical (unpaired) electrons. The summed E-state index contributed by atoms with van der Waals surface area (Å²) in [6.07, 6.45) is 37.9. The van der Waals surface area contributed by atoms with Crippen LogP contribution in [0, 0.1) is 0 Å². The molecule has 0 amide bonds. The highest BCUT2D eigenvalue weighted by atomic mass is 32.1. The van der Waals surface area contributed by atoms with Gasteiger partial charge in [0.05, 0.1) is 0 Å². The van der Waals surface area contributed by atoms with Crippen LogP contribution in [0.3, 0.4) is 0 Å². The van der Waals surface area contributed by atoms with Crippen LogP contribution in [-0.2, 0) is 12.8 Å². The fourth-order valence-electron chi connectivity index (χ4n) is 9.76. The van der Waals surface area contributed by atoms with Crippen molar-refractivity contribution in [2.45, 2.75) is 233 Å². The van der Waals surface area contributed by atoms with Gasteiger partial charge in [-0.1, -0.05) is 170 Å². The van der Waals surface area contributed by atoms with Gasteiger partial charge in [-0.05, 0) is 131 Å². The molecule has 0 saturated heterocycles. The van der Waals surface area contributed by atoms with Crippen LogP contribution in [0.2, 0.25) is 0 Å². The van der Waals surface area contributed by atoms with Gasteiger partial charge in [-0.15, -0.1) is 45.3 Å². The summed E-state index contributed by atoms with van der Waals surface area (Å²) in [6.45, 7) is 14.2. The molecule has 4 aromatic heterocycles. The van der Waals surface area contributed by atoms with E-state index in [1.165, 1.54) is 190 Å². The second-order valence-corrected chi connectivity index (χ2v) is 21.7. The number of benzene rings is 1. The number of rotatable bonds is 32. The van der Waals surface area contributed by atoms with Gasteiger partial charge in [-0.3, -0.25) is 0 Å². The topological polar surface area (TPSA) is 0 Å². The molecule has 2 unspecified atom stereocenters. The Morgan fingerprint density at radius 1 is 0.414 bits per heavy atom. The summed E-state index contributed by atoms with van der Waals surface area (Å²) in [7, 11) is 0. The maximum absolute atomic E-state index is 2.69. The average molecular weight is 860 g/mol. The highest BCUT2D eigenvalue weighted by molar-refractivity contribution is 7.27. The smallest absolute Gasteiger partial charge is 0.0477 e. The van der Waals surface area contributed by atoms with Gasteiger partial charge in [0.2, 0.25) is 0 Å². The number of hydrogen-bond donors (Lipinski definition) is 0. The Morgan fingerprint density at radius 3 is 1.09 bits per heavy atom. The second-order valence-electron chi connectivity index (χ2n) is 17.7. The molecule has 4 heterocycles. The molecule has 2 atom stereocenters. The van der Waals surface area contributed by atoms with Crippen molar-refractivity contribution in [3.8, 4) is 19.5 Å². The van der Waals surface area contributed by atoms with Gasteiger partial charge in [-0.25, -0.2) is 0 Å². The molecule has 0 aliphatic carbocycles. The van der Waals surface area contributed by atoms with Gasteiger partial charge in [0.1, 0.15) is 0 Å². The lowest BCUT2D eigenvalue weighted by molar-refractivity contribution is 0.556. The molecule has 322 valence electrons. The Labute approximate surface area is 373 Å². The Hall–Kier alpha value is -1.46. The van der Waals surface area contributed by atoms with E-state index in [9.17, 15) is 0 Å². The summed E-state index contributed by atoms with van der Waals surface area (Å²) in [5.74, 6) is 1.33. The lowest BCUT2D eigenvalue weighted by Crippen LogP contribution is -1.96. The molecule has 0 spiro atoms. The average Bonchev–Trinajstić information content (AvgIpc) is 4.07. The molecule has 58 heavy (non-hydrogen) atoms. The molecule has 5 rings (SSSR count). The monoisotopic (exact) mass is 859 g/mol. The Kier molecular flexibility index (Phi) is 22.0. The zero-order valence-electron chi connectivity index (χ0n) is 38.1. The molecule has 5 aromatic rings. The molecule has 0 fully saturated rings.